The van der Waals surface area contributed by atoms with E-state index in [0.717, 1.165) is 0 Å². The first kappa shape index (κ1) is 15.0. The summed E-state index contributed by atoms with van der Waals surface area (Å²) in [5.41, 5.74) is 1.58. The van der Waals surface area contributed by atoms with Crippen LogP contribution in [0, 0.1) is 4.84 Å². The molecule has 3 N–H and O–H groups in total. The van der Waals surface area contributed by atoms with Gasteiger partial charge in [0.2, 0.25) is 5.91 Å². The molecule has 8 heteroatoms. The minimum Gasteiger partial charge on any atom is -0.467 e. The highest BCUT2D eigenvalue weighted by Gasteiger charge is 2.10. The highest BCUT2D eigenvalue weighted by atomic mass is 32.1. The average molecular weight is 331 g/mol. The number of hydrogen-bond acceptors (Lipinski definition) is 5. The third kappa shape index (κ3) is 3.67. The lowest BCUT2D eigenvalue weighted by Gasteiger charge is -2.06. The molecule has 0 aliphatic heterocycles. The Morgan fingerprint density at radius 3 is 2.87 bits per heavy atom. The van der Waals surface area contributed by atoms with Crippen molar-refractivity contribution in [1.29, 1.82) is 0 Å². The zero-order chi connectivity index (χ0) is 16.2. The van der Waals surface area contributed by atoms with Gasteiger partial charge in [0.1, 0.15) is 5.76 Å². The van der Waals surface area contributed by atoms with Gasteiger partial charge in [0.05, 0.1) is 24.9 Å². The number of fused-ring (bicyclic) bond motifs is 1. The largest absolute Gasteiger partial charge is 0.467 e. The molecule has 0 saturated carbocycles. The van der Waals surface area contributed by atoms with Crippen LogP contribution in [0.4, 0.5) is 0 Å². The first-order valence-electron chi connectivity index (χ1n) is 6.82. The molecule has 118 valence electrons. The van der Waals surface area contributed by atoms with Crippen LogP contribution in [-0.2, 0) is 11.3 Å². The Balaban J connectivity index is 1.55. The van der Waals surface area contributed by atoms with Gasteiger partial charge in [-0.2, -0.15) is 0 Å². The van der Waals surface area contributed by atoms with E-state index in [1.54, 1.807) is 30.3 Å². The van der Waals surface area contributed by atoms with Gasteiger partial charge in [-0.1, -0.05) is 0 Å². The second-order valence-corrected chi connectivity index (χ2v) is 5.14. The molecule has 2 amide bonds. The molecule has 0 bridgehead atoms. The molecule has 1 aromatic carbocycles. The quantitative estimate of drug-likeness (QED) is 0.622. The number of oxazole rings is 1. The Bertz CT molecular complexity index is 895. The molecule has 0 unspecified atom stereocenters. The number of furan rings is 1. The smallest absolute Gasteiger partial charge is 0.266 e. The van der Waals surface area contributed by atoms with Crippen LogP contribution in [0.1, 0.15) is 16.1 Å². The molecular weight excluding hydrogens is 318 g/mol. The van der Waals surface area contributed by atoms with Gasteiger partial charge in [-0.15, -0.1) is 0 Å². The van der Waals surface area contributed by atoms with Gasteiger partial charge < -0.3 is 24.5 Å². The van der Waals surface area contributed by atoms with Crippen LogP contribution in [0.5, 0.6) is 0 Å². The van der Waals surface area contributed by atoms with Gasteiger partial charge in [-0.3, -0.25) is 9.59 Å². The molecule has 3 rings (SSSR count). The van der Waals surface area contributed by atoms with E-state index in [4.69, 9.17) is 21.1 Å². The number of H-pyrrole nitrogens is 1. The summed E-state index contributed by atoms with van der Waals surface area (Å²) in [6.07, 6.45) is 1.53. The maximum absolute atomic E-state index is 12.0. The van der Waals surface area contributed by atoms with Gasteiger partial charge in [-0.05, 0) is 42.5 Å². The number of carbonyl (C=O) groups is 2. The molecule has 23 heavy (non-hydrogen) atoms. The van der Waals surface area contributed by atoms with E-state index in [-0.39, 0.29) is 29.7 Å². The second kappa shape index (κ2) is 6.49. The minimum absolute atomic E-state index is 0.131. The number of amides is 2. The first-order valence-corrected chi connectivity index (χ1v) is 7.23. The molecule has 7 nitrogen and oxygen atoms in total. The molecule has 0 fully saturated rings. The summed E-state index contributed by atoms with van der Waals surface area (Å²) in [6.45, 7) is 0.144. The van der Waals surface area contributed by atoms with E-state index in [0.29, 0.717) is 22.4 Å². The van der Waals surface area contributed by atoms with Crippen molar-refractivity contribution in [3.63, 3.8) is 0 Å². The number of aromatic nitrogens is 1. The van der Waals surface area contributed by atoms with E-state index in [1.165, 1.54) is 6.26 Å². The molecule has 2 heterocycles. The summed E-state index contributed by atoms with van der Waals surface area (Å²) >= 11 is 4.89. The van der Waals surface area contributed by atoms with Crippen LogP contribution in [0.3, 0.4) is 0 Å². The monoisotopic (exact) mass is 331 g/mol. The Labute approximate surface area is 135 Å². The molecule has 0 aliphatic carbocycles. The highest BCUT2D eigenvalue weighted by Crippen LogP contribution is 2.15. The molecule has 2 aromatic heterocycles. The van der Waals surface area contributed by atoms with E-state index < -0.39 is 0 Å². The third-order valence-corrected chi connectivity index (χ3v) is 3.32. The van der Waals surface area contributed by atoms with Crippen LogP contribution < -0.4 is 10.6 Å². The van der Waals surface area contributed by atoms with E-state index in [9.17, 15) is 9.59 Å². The number of carbonyl (C=O) groups excluding carboxylic acids is 2. The van der Waals surface area contributed by atoms with Crippen LogP contribution in [-0.4, -0.2) is 23.3 Å². The van der Waals surface area contributed by atoms with Crippen molar-refractivity contribution < 1.29 is 18.4 Å². The van der Waals surface area contributed by atoms with E-state index >= 15 is 0 Å². The lowest BCUT2D eigenvalue weighted by atomic mass is 10.2. The molecule has 0 saturated heterocycles. The van der Waals surface area contributed by atoms with Gasteiger partial charge in [0.25, 0.3) is 10.7 Å². The SMILES string of the molecule is O=C(CNC(=O)c1ccc2[nH]c(=S)oc2c1)NCc1ccco1. The van der Waals surface area contributed by atoms with Crippen molar-refractivity contribution >= 4 is 35.1 Å². The van der Waals surface area contributed by atoms with Crippen LogP contribution >= 0.6 is 12.2 Å². The fourth-order valence-corrected chi connectivity index (χ4v) is 2.21. The van der Waals surface area contributed by atoms with E-state index in [2.05, 4.69) is 15.6 Å². The second-order valence-electron chi connectivity index (χ2n) is 4.76. The minimum atomic E-state index is -0.373. The maximum atomic E-state index is 12.0. The summed E-state index contributed by atoms with van der Waals surface area (Å²) in [7, 11) is 0. The summed E-state index contributed by atoms with van der Waals surface area (Å²) < 4.78 is 10.4. The van der Waals surface area contributed by atoms with Crippen molar-refractivity contribution in [3.8, 4) is 0 Å². The van der Waals surface area contributed by atoms with Crippen molar-refractivity contribution in [2.24, 2.45) is 0 Å². The summed E-state index contributed by atoms with van der Waals surface area (Å²) in [5.74, 6) is -0.0405. The van der Waals surface area contributed by atoms with Gasteiger partial charge in [0, 0.05) is 5.56 Å². The van der Waals surface area contributed by atoms with E-state index in [1.807, 2.05) is 0 Å². The van der Waals surface area contributed by atoms with Crippen molar-refractivity contribution in [2.45, 2.75) is 6.54 Å². The van der Waals surface area contributed by atoms with Crippen molar-refractivity contribution in [3.05, 3.63) is 52.8 Å². The lowest BCUT2D eigenvalue weighted by Crippen LogP contribution is -2.36. The number of hydrogen-bond donors (Lipinski definition) is 3. The predicted molar refractivity (Wildman–Crippen MR) is 84.3 cm³/mol. The normalized spacial score (nSPS) is 10.6. The molecular formula is C15H13N3O4S. The Morgan fingerprint density at radius 1 is 1.22 bits per heavy atom. The molecule has 0 radical (unpaired) electrons. The first-order chi connectivity index (χ1) is 11.1. The van der Waals surface area contributed by atoms with Gasteiger partial charge in [-0.25, -0.2) is 0 Å². The number of aromatic amines is 1. The number of benzene rings is 1. The number of nitrogens with one attached hydrogen (secondary N) is 3. The van der Waals surface area contributed by atoms with Crippen LogP contribution in [0.15, 0.2) is 45.4 Å². The molecule has 0 spiro atoms. The highest BCUT2D eigenvalue weighted by molar-refractivity contribution is 7.71. The fraction of sp³-hybridized carbons (Fsp3) is 0.133. The summed E-state index contributed by atoms with van der Waals surface area (Å²) in [5, 5.41) is 5.18. The standard InChI is InChI=1S/C15H13N3O4S/c19-13(16-7-10-2-1-5-21-10)8-17-14(20)9-3-4-11-12(6-9)22-15(23)18-11/h1-6H,7-8H2,(H,16,19)(H,17,20)(H,18,23). The number of rotatable bonds is 5. The fourth-order valence-electron chi connectivity index (χ4n) is 2.01. The van der Waals surface area contributed by atoms with Gasteiger partial charge >= 0.3 is 0 Å². The molecule has 0 atom stereocenters. The van der Waals surface area contributed by atoms with Crippen LogP contribution in [0.25, 0.3) is 11.1 Å². The third-order valence-electron chi connectivity index (χ3n) is 3.13. The Morgan fingerprint density at radius 2 is 2.09 bits per heavy atom. The zero-order valence-electron chi connectivity index (χ0n) is 11.9. The topological polar surface area (TPSA) is 100 Å². The Hall–Kier alpha value is -2.87. The van der Waals surface area contributed by atoms with Crippen LogP contribution in [0.2, 0.25) is 0 Å². The average Bonchev–Trinajstić information content (AvgIpc) is 3.17. The lowest BCUT2D eigenvalue weighted by molar-refractivity contribution is -0.120. The van der Waals surface area contributed by atoms with Crippen molar-refractivity contribution in [1.82, 2.24) is 15.6 Å². The summed E-state index contributed by atoms with van der Waals surface area (Å²) in [6, 6.07) is 8.37. The van der Waals surface area contributed by atoms with Gasteiger partial charge in [0.15, 0.2) is 5.58 Å². The molecule has 3 aromatic rings. The Kier molecular flexibility index (Phi) is 4.24. The summed E-state index contributed by atoms with van der Waals surface area (Å²) in [4.78, 5) is 26.8. The van der Waals surface area contributed by atoms with Crippen molar-refractivity contribution in [2.75, 3.05) is 6.54 Å². The maximum Gasteiger partial charge on any atom is 0.266 e. The zero-order valence-corrected chi connectivity index (χ0v) is 12.7. The molecule has 0 aliphatic rings. The predicted octanol–water partition coefficient (Wildman–Crippen LogP) is 2.13.